The summed E-state index contributed by atoms with van der Waals surface area (Å²) in [5.74, 6) is 0. The maximum Gasteiger partial charge on any atom is 0.261 e. The molecule has 2 N–H and O–H groups in total. The molecule has 1 unspecified atom stereocenters. The first-order chi connectivity index (χ1) is 7.66. The lowest BCUT2D eigenvalue weighted by atomic mass is 10.3. The molecule has 16 heavy (non-hydrogen) atoms. The summed E-state index contributed by atoms with van der Waals surface area (Å²) in [5, 5.41) is 6.61. The fraction of sp³-hybridized carbons (Fsp3) is 1.00. The molecule has 0 spiro atoms. The van der Waals surface area contributed by atoms with Gasteiger partial charge in [0, 0.05) is 19.2 Å². The van der Waals surface area contributed by atoms with E-state index in [-0.39, 0.29) is 0 Å². The second-order valence-electron chi connectivity index (χ2n) is 3.88. The van der Waals surface area contributed by atoms with Gasteiger partial charge >= 0.3 is 0 Å². The number of halogens is 2. The van der Waals surface area contributed by atoms with Crippen molar-refractivity contribution in [1.29, 1.82) is 0 Å². The zero-order chi connectivity index (χ0) is 12.2. The van der Waals surface area contributed by atoms with Gasteiger partial charge in [-0.25, -0.2) is 8.78 Å². The van der Waals surface area contributed by atoms with Crippen molar-refractivity contribution in [3.63, 3.8) is 0 Å². The lowest BCUT2D eigenvalue weighted by Gasteiger charge is -2.14. The van der Waals surface area contributed by atoms with Crippen LogP contribution in [0.3, 0.4) is 0 Å². The zero-order valence-corrected chi connectivity index (χ0v) is 10.3. The highest BCUT2D eigenvalue weighted by Gasteiger charge is 2.02. The molecular weight excluding hydrogens is 214 g/mol. The third-order valence-electron chi connectivity index (χ3n) is 2.08. The van der Waals surface area contributed by atoms with Crippen molar-refractivity contribution >= 4 is 0 Å². The first kappa shape index (κ1) is 15.7. The molecule has 0 radical (unpaired) electrons. The molecular formula is C11H24F2N2O. The predicted octanol–water partition coefficient (Wildman–Crippen LogP) is 1.64. The van der Waals surface area contributed by atoms with Gasteiger partial charge in [0.15, 0.2) is 0 Å². The molecule has 0 bridgehead atoms. The molecule has 0 aliphatic rings. The lowest BCUT2D eigenvalue weighted by molar-refractivity contribution is 0.0167. The Morgan fingerprint density at radius 1 is 1.25 bits per heavy atom. The van der Waals surface area contributed by atoms with Crippen molar-refractivity contribution in [3.8, 4) is 0 Å². The summed E-state index contributed by atoms with van der Waals surface area (Å²) < 4.78 is 28.2. The van der Waals surface area contributed by atoms with Gasteiger partial charge in [-0.05, 0) is 32.9 Å². The van der Waals surface area contributed by atoms with Crippen molar-refractivity contribution in [2.45, 2.75) is 39.2 Å². The zero-order valence-electron chi connectivity index (χ0n) is 10.3. The smallest absolute Gasteiger partial charge is 0.261 e. The molecule has 0 aromatic rings. The summed E-state index contributed by atoms with van der Waals surface area (Å²) in [6.45, 7) is 6.95. The minimum Gasteiger partial charge on any atom is -0.375 e. The third-order valence-corrected chi connectivity index (χ3v) is 2.08. The van der Waals surface area contributed by atoms with Crippen molar-refractivity contribution in [2.75, 3.05) is 32.8 Å². The molecule has 0 saturated carbocycles. The van der Waals surface area contributed by atoms with Crippen LogP contribution >= 0.6 is 0 Å². The Labute approximate surface area is 96.9 Å². The Bertz CT molecular complexity index is 148. The first-order valence-corrected chi connectivity index (χ1v) is 5.96. The summed E-state index contributed by atoms with van der Waals surface area (Å²) in [5.41, 5.74) is 0. The quantitative estimate of drug-likeness (QED) is 0.537. The molecule has 1 atom stereocenters. The summed E-state index contributed by atoms with van der Waals surface area (Å²) >= 11 is 0. The molecule has 5 heteroatoms. The fourth-order valence-corrected chi connectivity index (χ4v) is 1.26. The van der Waals surface area contributed by atoms with Gasteiger partial charge < -0.3 is 15.4 Å². The van der Waals surface area contributed by atoms with Crippen LogP contribution in [0.1, 0.15) is 26.7 Å². The first-order valence-electron chi connectivity index (χ1n) is 5.96. The number of ether oxygens (including phenoxy) is 1. The van der Waals surface area contributed by atoms with Crippen molar-refractivity contribution < 1.29 is 13.5 Å². The number of nitrogens with one attached hydrogen (secondary N) is 2. The van der Waals surface area contributed by atoms with Crippen LogP contribution in [0.2, 0.25) is 0 Å². The second kappa shape index (κ2) is 11.2. The average molecular weight is 238 g/mol. The molecule has 0 aliphatic carbocycles. The Morgan fingerprint density at radius 3 is 2.62 bits per heavy atom. The van der Waals surface area contributed by atoms with E-state index in [1.54, 1.807) is 0 Å². The van der Waals surface area contributed by atoms with Gasteiger partial charge in [-0.15, -0.1) is 0 Å². The molecule has 3 nitrogen and oxygen atoms in total. The van der Waals surface area contributed by atoms with Gasteiger partial charge in [-0.3, -0.25) is 0 Å². The Kier molecular flexibility index (Phi) is 11.0. The van der Waals surface area contributed by atoms with Crippen LogP contribution in [0, 0.1) is 0 Å². The van der Waals surface area contributed by atoms with E-state index in [0.717, 1.165) is 32.5 Å². The van der Waals surface area contributed by atoms with Crippen LogP contribution in [-0.2, 0) is 4.74 Å². The van der Waals surface area contributed by atoms with Gasteiger partial charge in [0.1, 0.15) is 6.61 Å². The summed E-state index contributed by atoms with van der Waals surface area (Å²) in [6.07, 6.45) is -0.455. The fourth-order valence-electron chi connectivity index (χ4n) is 1.26. The molecule has 0 aliphatic heterocycles. The summed E-state index contributed by atoms with van der Waals surface area (Å²) in [4.78, 5) is 0. The van der Waals surface area contributed by atoms with E-state index in [1.165, 1.54) is 0 Å². The van der Waals surface area contributed by atoms with Gasteiger partial charge in [-0.2, -0.15) is 0 Å². The van der Waals surface area contributed by atoms with Crippen LogP contribution in [0.4, 0.5) is 8.78 Å². The lowest BCUT2D eigenvalue weighted by Crippen LogP contribution is -2.37. The molecule has 0 heterocycles. The highest BCUT2D eigenvalue weighted by molar-refractivity contribution is 4.63. The molecule has 0 fully saturated rings. The van der Waals surface area contributed by atoms with E-state index < -0.39 is 13.0 Å². The highest BCUT2D eigenvalue weighted by atomic mass is 19.3. The van der Waals surface area contributed by atoms with Crippen LogP contribution in [0.25, 0.3) is 0 Å². The SMILES string of the molecule is CCCNCC(C)NCCCOCC(F)F. The Morgan fingerprint density at radius 2 is 2.00 bits per heavy atom. The molecule has 0 aromatic carbocycles. The Balaban J connectivity index is 3.12. The average Bonchev–Trinajstić information content (AvgIpc) is 2.23. The second-order valence-corrected chi connectivity index (χ2v) is 3.88. The Hall–Kier alpha value is -0.260. The third kappa shape index (κ3) is 11.8. The normalized spacial score (nSPS) is 13.3. The molecule has 0 rings (SSSR count). The maximum absolute atomic E-state index is 11.7. The topological polar surface area (TPSA) is 33.3 Å². The molecule has 0 aromatic heterocycles. The summed E-state index contributed by atoms with van der Waals surface area (Å²) in [7, 11) is 0. The van der Waals surface area contributed by atoms with E-state index in [0.29, 0.717) is 12.6 Å². The monoisotopic (exact) mass is 238 g/mol. The minimum atomic E-state index is -2.36. The van der Waals surface area contributed by atoms with Gasteiger partial charge in [0.2, 0.25) is 0 Å². The van der Waals surface area contributed by atoms with Gasteiger partial charge in [0.25, 0.3) is 6.43 Å². The number of hydrogen-bond donors (Lipinski definition) is 2. The van der Waals surface area contributed by atoms with Crippen molar-refractivity contribution in [2.24, 2.45) is 0 Å². The number of hydrogen-bond acceptors (Lipinski definition) is 3. The van der Waals surface area contributed by atoms with Gasteiger partial charge in [-0.1, -0.05) is 6.92 Å². The maximum atomic E-state index is 11.7. The van der Waals surface area contributed by atoms with Crippen LogP contribution in [0.15, 0.2) is 0 Å². The number of alkyl halides is 2. The van der Waals surface area contributed by atoms with Crippen LogP contribution in [-0.4, -0.2) is 45.3 Å². The van der Waals surface area contributed by atoms with Crippen molar-refractivity contribution in [3.05, 3.63) is 0 Å². The standard InChI is InChI=1S/C11H24F2N2O/c1-3-5-14-8-10(2)15-6-4-7-16-9-11(12)13/h10-11,14-15H,3-9H2,1-2H3. The highest BCUT2D eigenvalue weighted by Crippen LogP contribution is 1.93. The van der Waals surface area contributed by atoms with Crippen LogP contribution < -0.4 is 10.6 Å². The summed E-state index contributed by atoms with van der Waals surface area (Å²) in [6, 6.07) is 0.404. The van der Waals surface area contributed by atoms with E-state index in [1.807, 2.05) is 0 Å². The molecule has 98 valence electrons. The molecule has 0 amide bonds. The van der Waals surface area contributed by atoms with E-state index in [9.17, 15) is 8.78 Å². The minimum absolute atomic E-state index is 0.395. The van der Waals surface area contributed by atoms with Crippen LogP contribution in [0.5, 0.6) is 0 Å². The van der Waals surface area contributed by atoms with Gasteiger partial charge in [0.05, 0.1) is 0 Å². The molecule has 0 saturated heterocycles. The van der Waals surface area contributed by atoms with E-state index >= 15 is 0 Å². The van der Waals surface area contributed by atoms with E-state index in [2.05, 4.69) is 24.5 Å². The number of rotatable bonds is 11. The van der Waals surface area contributed by atoms with Crippen molar-refractivity contribution in [1.82, 2.24) is 10.6 Å². The van der Waals surface area contributed by atoms with E-state index in [4.69, 9.17) is 4.74 Å². The largest absolute Gasteiger partial charge is 0.375 e. The predicted molar refractivity (Wildman–Crippen MR) is 62.1 cm³/mol.